The molecule has 6 nitrogen and oxygen atoms in total. The highest BCUT2D eigenvalue weighted by Crippen LogP contribution is 2.16. The minimum absolute atomic E-state index is 0.320. The van der Waals surface area contributed by atoms with E-state index in [9.17, 15) is 14.7 Å². The van der Waals surface area contributed by atoms with Crippen molar-refractivity contribution in [3.63, 3.8) is 0 Å². The molecule has 0 saturated carbocycles. The van der Waals surface area contributed by atoms with Crippen molar-refractivity contribution < 1.29 is 19.4 Å². The number of esters is 1. The molecule has 0 aromatic heterocycles. The molecule has 6 heteroatoms. The minimum Gasteiger partial charge on any atom is -0.464 e. The van der Waals surface area contributed by atoms with Crippen molar-refractivity contribution in [2.24, 2.45) is 5.10 Å². The molecular weight excluding hydrogens is 284 g/mol. The zero-order valence-electron chi connectivity index (χ0n) is 13.6. The lowest BCUT2D eigenvalue weighted by Crippen LogP contribution is -2.41. The average molecular weight is 306 g/mol. The molecule has 1 amide bonds. The third-order valence-corrected chi connectivity index (χ3v) is 2.88. The molecule has 22 heavy (non-hydrogen) atoms. The van der Waals surface area contributed by atoms with Gasteiger partial charge in [-0.1, -0.05) is 12.1 Å². The van der Waals surface area contributed by atoms with Gasteiger partial charge < -0.3 is 9.84 Å². The molecular formula is C16H22N2O4. The summed E-state index contributed by atoms with van der Waals surface area (Å²) < 4.78 is 4.91. The molecule has 1 aromatic carbocycles. The van der Waals surface area contributed by atoms with Crippen molar-refractivity contribution in [1.29, 1.82) is 0 Å². The summed E-state index contributed by atoms with van der Waals surface area (Å²) in [5, 5.41) is 14.4. The maximum Gasteiger partial charge on any atom is 0.428 e. The fraction of sp³-hybridized carbons (Fsp3) is 0.438. The van der Waals surface area contributed by atoms with E-state index in [1.54, 1.807) is 58.9 Å². The molecule has 1 rings (SSSR count). The topological polar surface area (TPSA) is 79.2 Å². The number of amides is 1. The van der Waals surface area contributed by atoms with E-state index in [0.29, 0.717) is 17.9 Å². The van der Waals surface area contributed by atoms with Gasteiger partial charge >= 0.3 is 12.1 Å². The Labute approximate surface area is 130 Å². The number of carbonyl (C=O) groups is 2. The Morgan fingerprint density at radius 1 is 1.18 bits per heavy atom. The first kappa shape index (κ1) is 17.7. The molecule has 0 aliphatic carbocycles. The number of hydrogen-bond acceptors (Lipinski definition) is 4. The van der Waals surface area contributed by atoms with Crippen LogP contribution in [0, 0.1) is 0 Å². The van der Waals surface area contributed by atoms with E-state index >= 15 is 0 Å². The summed E-state index contributed by atoms with van der Waals surface area (Å²) in [5.41, 5.74) is 1.10. The first-order chi connectivity index (χ1) is 10.2. The van der Waals surface area contributed by atoms with Crippen molar-refractivity contribution in [3.05, 3.63) is 35.4 Å². The quantitative estimate of drug-likeness (QED) is 0.525. The average Bonchev–Trinajstić information content (AvgIpc) is 2.43. The summed E-state index contributed by atoms with van der Waals surface area (Å²) in [7, 11) is 0. The lowest BCUT2D eigenvalue weighted by molar-refractivity contribution is 0.0526. The van der Waals surface area contributed by atoms with Crippen molar-refractivity contribution in [2.75, 3.05) is 6.61 Å². The maximum atomic E-state index is 11.6. The van der Waals surface area contributed by atoms with Gasteiger partial charge in [-0.05, 0) is 52.3 Å². The van der Waals surface area contributed by atoms with E-state index in [4.69, 9.17) is 4.74 Å². The summed E-state index contributed by atoms with van der Waals surface area (Å²) >= 11 is 0. The van der Waals surface area contributed by atoms with Crippen LogP contribution in [0.3, 0.4) is 0 Å². The molecule has 0 spiro atoms. The van der Waals surface area contributed by atoms with Gasteiger partial charge in [0, 0.05) is 0 Å². The number of carboxylic acid groups (broad SMARTS) is 1. The van der Waals surface area contributed by atoms with Gasteiger partial charge in [0.1, 0.15) is 0 Å². The van der Waals surface area contributed by atoms with E-state index in [-0.39, 0.29) is 5.97 Å². The van der Waals surface area contributed by atoms with Crippen molar-refractivity contribution in [1.82, 2.24) is 5.01 Å². The molecule has 0 fully saturated rings. The van der Waals surface area contributed by atoms with Gasteiger partial charge in [-0.3, -0.25) is 0 Å². The van der Waals surface area contributed by atoms with Crippen LogP contribution in [0.1, 0.15) is 50.5 Å². The molecule has 0 aliphatic heterocycles. The Hall–Kier alpha value is -2.37. The number of hydrogen-bond donors (Lipinski definition) is 1. The Morgan fingerprint density at radius 2 is 1.68 bits per heavy atom. The largest absolute Gasteiger partial charge is 0.464 e. The molecule has 1 aromatic rings. The third kappa shape index (κ3) is 4.58. The van der Waals surface area contributed by atoms with Crippen molar-refractivity contribution in [2.45, 2.75) is 40.2 Å². The van der Waals surface area contributed by atoms with Crippen LogP contribution in [0.15, 0.2) is 29.4 Å². The number of rotatable bonds is 4. The highest BCUT2D eigenvalue weighted by Gasteiger charge is 2.26. The molecule has 0 saturated heterocycles. The van der Waals surface area contributed by atoms with Crippen LogP contribution in [0.5, 0.6) is 0 Å². The lowest BCUT2D eigenvalue weighted by atomic mass is 10.1. The summed E-state index contributed by atoms with van der Waals surface area (Å²) in [4.78, 5) is 22.9. The molecule has 0 heterocycles. The molecule has 120 valence electrons. The van der Waals surface area contributed by atoms with E-state index in [1.807, 2.05) is 0 Å². The Kier molecular flexibility index (Phi) is 5.68. The second-order valence-electron chi connectivity index (χ2n) is 5.75. The highest BCUT2D eigenvalue weighted by molar-refractivity contribution is 6.00. The zero-order chi connectivity index (χ0) is 16.9. The first-order valence-corrected chi connectivity index (χ1v) is 7.02. The van der Waals surface area contributed by atoms with Gasteiger partial charge in [0.2, 0.25) is 0 Å². The third-order valence-electron chi connectivity index (χ3n) is 2.88. The van der Waals surface area contributed by atoms with Crippen LogP contribution in [-0.2, 0) is 4.74 Å². The molecule has 0 bridgehead atoms. The minimum atomic E-state index is -1.12. The highest BCUT2D eigenvalue weighted by atomic mass is 16.5. The zero-order valence-corrected chi connectivity index (χ0v) is 13.6. The van der Waals surface area contributed by atoms with E-state index in [0.717, 1.165) is 10.6 Å². The predicted molar refractivity (Wildman–Crippen MR) is 84.2 cm³/mol. The van der Waals surface area contributed by atoms with E-state index < -0.39 is 11.6 Å². The van der Waals surface area contributed by atoms with Crippen molar-refractivity contribution in [3.8, 4) is 0 Å². The Balaban J connectivity index is 3.02. The lowest BCUT2D eigenvalue weighted by Gasteiger charge is -2.28. The summed E-state index contributed by atoms with van der Waals surface area (Å²) in [6.45, 7) is 9.09. The molecule has 0 radical (unpaired) electrons. The first-order valence-electron chi connectivity index (χ1n) is 7.02. The second-order valence-corrected chi connectivity index (χ2v) is 5.75. The number of benzene rings is 1. The second kappa shape index (κ2) is 7.06. The Bertz CT molecular complexity index is 571. The number of hydrazone groups is 1. The van der Waals surface area contributed by atoms with Crippen LogP contribution in [0.25, 0.3) is 0 Å². The summed E-state index contributed by atoms with van der Waals surface area (Å²) in [6, 6.07) is 6.70. The fourth-order valence-electron chi connectivity index (χ4n) is 1.75. The standard InChI is InChI=1S/C16H22N2O4/c1-6-22-14(19)13-9-7-12(8-10-13)11(2)17-18(15(20)21)16(3,4)5/h7-10H,6H2,1-5H3,(H,20,21)/b17-11-. The van der Waals surface area contributed by atoms with Crippen molar-refractivity contribution >= 4 is 17.8 Å². The van der Waals surface area contributed by atoms with Crippen LogP contribution >= 0.6 is 0 Å². The van der Waals surface area contributed by atoms with Gasteiger partial charge in [0.05, 0.1) is 23.4 Å². The summed E-state index contributed by atoms with van der Waals surface area (Å²) in [5.74, 6) is -0.384. The predicted octanol–water partition coefficient (Wildman–Crippen LogP) is 3.37. The molecule has 0 unspecified atom stereocenters. The van der Waals surface area contributed by atoms with Gasteiger partial charge in [-0.25, -0.2) is 9.59 Å². The smallest absolute Gasteiger partial charge is 0.428 e. The van der Waals surface area contributed by atoms with E-state index in [1.165, 1.54) is 0 Å². The summed E-state index contributed by atoms with van der Waals surface area (Å²) in [6.07, 6.45) is -1.12. The fourth-order valence-corrected chi connectivity index (χ4v) is 1.75. The van der Waals surface area contributed by atoms with Crippen LogP contribution in [0.2, 0.25) is 0 Å². The SMILES string of the molecule is CCOC(=O)c1ccc(/C(C)=N\N(C(=O)O)C(C)(C)C)cc1. The number of nitrogens with zero attached hydrogens (tertiary/aromatic N) is 2. The van der Waals surface area contributed by atoms with E-state index in [2.05, 4.69) is 5.10 Å². The Morgan fingerprint density at radius 3 is 2.09 bits per heavy atom. The van der Waals surface area contributed by atoms with Crippen LogP contribution in [-0.4, -0.2) is 40.0 Å². The molecule has 0 aliphatic rings. The molecule has 1 N–H and O–H groups in total. The van der Waals surface area contributed by atoms with Gasteiger partial charge in [-0.15, -0.1) is 0 Å². The van der Waals surface area contributed by atoms with Crippen LogP contribution < -0.4 is 0 Å². The van der Waals surface area contributed by atoms with Gasteiger partial charge in [0.15, 0.2) is 0 Å². The monoisotopic (exact) mass is 306 g/mol. The maximum absolute atomic E-state index is 11.6. The normalized spacial score (nSPS) is 12.0. The van der Waals surface area contributed by atoms with Crippen LogP contribution in [0.4, 0.5) is 4.79 Å². The van der Waals surface area contributed by atoms with Gasteiger partial charge in [0.25, 0.3) is 0 Å². The van der Waals surface area contributed by atoms with Gasteiger partial charge in [-0.2, -0.15) is 10.1 Å². The number of ether oxygens (including phenoxy) is 1. The number of carbonyl (C=O) groups excluding carboxylic acids is 1. The molecule has 0 atom stereocenters.